The van der Waals surface area contributed by atoms with E-state index in [4.69, 9.17) is 4.74 Å². The summed E-state index contributed by atoms with van der Waals surface area (Å²) in [5.74, 6) is -1.59. The highest BCUT2D eigenvalue weighted by atomic mass is 32.1. The molecule has 0 bridgehead atoms. The molecule has 0 aliphatic heterocycles. The smallest absolute Gasteiger partial charge is 0.341 e. The topological polar surface area (TPSA) is 87.7 Å². The zero-order chi connectivity index (χ0) is 21.7. The maximum atomic E-state index is 13.2. The second kappa shape index (κ2) is 9.82. The highest BCUT2D eigenvalue weighted by Gasteiger charge is 2.27. The van der Waals surface area contributed by atoms with E-state index in [2.05, 4.69) is 10.6 Å². The number of esters is 1. The summed E-state index contributed by atoms with van der Waals surface area (Å²) in [6.07, 6.45) is 3.75. The molecule has 0 radical (unpaired) electrons. The Morgan fingerprint density at radius 1 is 1.13 bits per heavy atom. The van der Waals surface area contributed by atoms with Crippen LogP contribution in [0.15, 0.2) is 24.3 Å². The molecule has 1 aliphatic rings. The van der Waals surface area contributed by atoms with Crippen LogP contribution in [0.25, 0.3) is 0 Å². The highest BCUT2D eigenvalue weighted by molar-refractivity contribution is 7.17. The van der Waals surface area contributed by atoms with Crippen molar-refractivity contribution in [2.24, 2.45) is 0 Å². The molecule has 9 heteroatoms. The van der Waals surface area contributed by atoms with Crippen LogP contribution in [0.5, 0.6) is 0 Å². The van der Waals surface area contributed by atoms with Gasteiger partial charge in [0.1, 0.15) is 10.8 Å². The molecule has 0 saturated heterocycles. The van der Waals surface area contributed by atoms with Gasteiger partial charge < -0.3 is 15.4 Å². The van der Waals surface area contributed by atoms with Crippen LogP contribution in [-0.2, 0) is 27.2 Å². The molecule has 2 N–H and O–H groups in total. The number of carbonyl (C=O) groups is 3. The molecule has 0 saturated carbocycles. The average molecular weight is 434 g/mol. The molecule has 0 atom stereocenters. The molecule has 1 aromatic heterocycles. The minimum atomic E-state index is -0.451. The monoisotopic (exact) mass is 433 g/mol. The number of fused-ring (bicyclic) bond motifs is 1. The molecule has 7 nitrogen and oxygen atoms in total. The zero-order valence-corrected chi connectivity index (χ0v) is 17.7. The number of ether oxygens (including phenoxy) is 1. The van der Waals surface area contributed by atoms with Crippen molar-refractivity contribution in [3.8, 4) is 0 Å². The van der Waals surface area contributed by atoms with Gasteiger partial charge in [-0.1, -0.05) is 6.07 Å². The predicted molar refractivity (Wildman–Crippen MR) is 113 cm³/mol. The first-order chi connectivity index (χ1) is 14.4. The third-order valence-corrected chi connectivity index (χ3v) is 5.96. The normalized spacial score (nSPS) is 12.9. The molecule has 2 aromatic rings. The van der Waals surface area contributed by atoms with Gasteiger partial charge in [0.2, 0.25) is 11.8 Å². The van der Waals surface area contributed by atoms with E-state index in [9.17, 15) is 18.8 Å². The zero-order valence-electron chi connectivity index (χ0n) is 16.9. The van der Waals surface area contributed by atoms with Crippen LogP contribution in [0.2, 0.25) is 0 Å². The number of benzene rings is 1. The van der Waals surface area contributed by atoms with Gasteiger partial charge in [-0.3, -0.25) is 14.5 Å². The minimum Gasteiger partial charge on any atom is -0.465 e. The Kier molecular flexibility index (Phi) is 7.17. The van der Waals surface area contributed by atoms with Gasteiger partial charge in [-0.05, 0) is 56.5 Å². The van der Waals surface area contributed by atoms with Gasteiger partial charge in [0.05, 0.1) is 25.8 Å². The van der Waals surface area contributed by atoms with E-state index in [0.29, 0.717) is 16.3 Å². The van der Waals surface area contributed by atoms with Crippen LogP contribution in [-0.4, -0.2) is 49.9 Å². The number of hydrogen-bond acceptors (Lipinski definition) is 6. The lowest BCUT2D eigenvalue weighted by atomic mass is 9.95. The SMILES string of the molecule is COC(=O)c1c(NC(=O)CN(C)CC(=O)Nc2cccc(F)c2)sc2c1CCCC2. The number of likely N-dealkylation sites (N-methyl/N-ethyl adjacent to an activating group) is 1. The first kappa shape index (κ1) is 21.9. The van der Waals surface area contributed by atoms with Crippen LogP contribution in [0, 0.1) is 5.82 Å². The van der Waals surface area contributed by atoms with Gasteiger partial charge in [-0.15, -0.1) is 11.3 Å². The number of thiophene rings is 1. The van der Waals surface area contributed by atoms with E-state index in [1.54, 1.807) is 13.1 Å². The second-order valence-electron chi connectivity index (χ2n) is 7.19. The number of rotatable bonds is 7. The summed E-state index contributed by atoms with van der Waals surface area (Å²) in [6, 6.07) is 5.59. The lowest BCUT2D eigenvalue weighted by molar-refractivity contribution is -0.119. The van der Waals surface area contributed by atoms with Crippen LogP contribution < -0.4 is 10.6 Å². The van der Waals surface area contributed by atoms with Crippen molar-refractivity contribution in [2.75, 3.05) is 37.9 Å². The van der Waals surface area contributed by atoms with E-state index in [0.717, 1.165) is 36.1 Å². The molecule has 1 heterocycles. The highest BCUT2D eigenvalue weighted by Crippen LogP contribution is 2.38. The summed E-state index contributed by atoms with van der Waals surface area (Å²) in [5, 5.41) is 5.89. The molecule has 3 rings (SSSR count). The summed E-state index contributed by atoms with van der Waals surface area (Å²) in [5.41, 5.74) is 1.76. The van der Waals surface area contributed by atoms with Crippen LogP contribution in [0.4, 0.5) is 15.1 Å². The summed E-state index contributed by atoms with van der Waals surface area (Å²) in [6.45, 7) is -0.0888. The van der Waals surface area contributed by atoms with Crippen molar-refractivity contribution in [1.29, 1.82) is 0 Å². The van der Waals surface area contributed by atoms with Gasteiger partial charge in [0.15, 0.2) is 0 Å². The summed E-state index contributed by atoms with van der Waals surface area (Å²) in [4.78, 5) is 39.5. The average Bonchev–Trinajstić information content (AvgIpc) is 3.04. The number of carbonyl (C=O) groups excluding carboxylic acids is 3. The third-order valence-electron chi connectivity index (χ3n) is 4.75. The lowest BCUT2D eigenvalue weighted by Gasteiger charge is -2.16. The summed E-state index contributed by atoms with van der Waals surface area (Å²) in [7, 11) is 2.96. The number of halogens is 1. The minimum absolute atomic E-state index is 0.0419. The molecule has 160 valence electrons. The van der Waals surface area contributed by atoms with E-state index >= 15 is 0 Å². The molecule has 0 spiro atoms. The quantitative estimate of drug-likeness (QED) is 0.656. The number of methoxy groups -OCH3 is 1. The van der Waals surface area contributed by atoms with Crippen molar-refractivity contribution in [3.05, 3.63) is 46.1 Å². The molecular formula is C21H24FN3O4S. The van der Waals surface area contributed by atoms with E-state index in [1.807, 2.05) is 0 Å². The van der Waals surface area contributed by atoms with E-state index in [1.165, 1.54) is 41.5 Å². The van der Waals surface area contributed by atoms with Crippen molar-refractivity contribution >= 4 is 39.8 Å². The molecule has 1 aliphatic carbocycles. The van der Waals surface area contributed by atoms with Gasteiger partial charge in [-0.2, -0.15) is 0 Å². The van der Waals surface area contributed by atoms with Gasteiger partial charge >= 0.3 is 5.97 Å². The van der Waals surface area contributed by atoms with Gasteiger partial charge in [0.25, 0.3) is 0 Å². The van der Waals surface area contributed by atoms with Crippen molar-refractivity contribution < 1.29 is 23.5 Å². The molecule has 30 heavy (non-hydrogen) atoms. The Morgan fingerprint density at radius 3 is 2.53 bits per heavy atom. The molecular weight excluding hydrogens is 409 g/mol. The number of anilines is 2. The lowest BCUT2D eigenvalue weighted by Crippen LogP contribution is -2.36. The first-order valence-electron chi connectivity index (χ1n) is 9.64. The number of nitrogens with one attached hydrogen (secondary N) is 2. The molecule has 0 fully saturated rings. The fourth-order valence-electron chi connectivity index (χ4n) is 3.45. The molecule has 1 aromatic carbocycles. The number of amides is 2. The standard InChI is InChI=1S/C21H24FN3O4S/c1-25(11-17(26)23-14-7-5-6-13(22)10-14)12-18(27)24-20-19(21(28)29-2)15-8-3-4-9-16(15)30-20/h5-7,10H,3-4,8-9,11-12H2,1-2H3,(H,23,26)(H,24,27). The fourth-order valence-corrected chi connectivity index (χ4v) is 4.74. The molecule has 0 unspecified atom stereocenters. The van der Waals surface area contributed by atoms with Crippen molar-refractivity contribution in [3.63, 3.8) is 0 Å². The van der Waals surface area contributed by atoms with Gasteiger partial charge in [0, 0.05) is 10.6 Å². The Bertz CT molecular complexity index is 960. The summed E-state index contributed by atoms with van der Waals surface area (Å²) >= 11 is 1.41. The number of nitrogens with zero attached hydrogens (tertiary/aromatic N) is 1. The van der Waals surface area contributed by atoms with Crippen LogP contribution >= 0.6 is 11.3 Å². The Labute approximate surface area is 178 Å². The maximum absolute atomic E-state index is 13.2. The largest absolute Gasteiger partial charge is 0.465 e. The van der Waals surface area contributed by atoms with E-state index in [-0.39, 0.29) is 24.9 Å². The van der Waals surface area contributed by atoms with Crippen LogP contribution in [0.1, 0.15) is 33.6 Å². The summed E-state index contributed by atoms with van der Waals surface area (Å²) < 4.78 is 18.1. The van der Waals surface area contributed by atoms with E-state index < -0.39 is 11.8 Å². The maximum Gasteiger partial charge on any atom is 0.341 e. The fraction of sp³-hybridized carbons (Fsp3) is 0.381. The van der Waals surface area contributed by atoms with Crippen molar-refractivity contribution in [2.45, 2.75) is 25.7 Å². The molecule has 2 amide bonds. The van der Waals surface area contributed by atoms with Gasteiger partial charge in [-0.25, -0.2) is 9.18 Å². The predicted octanol–water partition coefficient (Wildman–Crippen LogP) is 3.06. The van der Waals surface area contributed by atoms with Crippen molar-refractivity contribution in [1.82, 2.24) is 4.90 Å². The Balaban J connectivity index is 1.59. The Morgan fingerprint density at radius 2 is 1.83 bits per heavy atom. The third kappa shape index (κ3) is 5.43. The second-order valence-corrected chi connectivity index (χ2v) is 8.29. The first-order valence-corrected chi connectivity index (χ1v) is 10.5. The number of hydrogen-bond donors (Lipinski definition) is 2. The Hall–Kier alpha value is -2.78. The number of aryl methyl sites for hydroxylation is 1. The van der Waals surface area contributed by atoms with Crippen LogP contribution in [0.3, 0.4) is 0 Å².